The highest BCUT2D eigenvalue weighted by atomic mass is 32.1. The van der Waals surface area contributed by atoms with Gasteiger partial charge in [0.05, 0.1) is 11.4 Å². The largest absolute Gasteiger partial charge is 0.351 e. The Bertz CT molecular complexity index is 1150. The highest BCUT2D eigenvalue weighted by Gasteiger charge is 2.34. The van der Waals surface area contributed by atoms with Crippen LogP contribution in [0.25, 0.3) is 0 Å². The van der Waals surface area contributed by atoms with Crippen LogP contribution in [0.3, 0.4) is 0 Å². The van der Waals surface area contributed by atoms with Crippen molar-refractivity contribution >= 4 is 34.7 Å². The molecule has 0 aliphatic heterocycles. The molecule has 1 aliphatic rings. The number of nitrogens with one attached hydrogen (secondary N) is 2. The summed E-state index contributed by atoms with van der Waals surface area (Å²) in [5.74, 6) is -1.85. The first kappa shape index (κ1) is 24.5. The van der Waals surface area contributed by atoms with Crippen LogP contribution in [0.5, 0.6) is 0 Å². The van der Waals surface area contributed by atoms with E-state index >= 15 is 0 Å². The zero-order valence-corrected chi connectivity index (χ0v) is 20.0. The predicted molar refractivity (Wildman–Crippen MR) is 133 cm³/mol. The number of anilines is 1. The number of hydrogen-bond donors (Lipinski definition) is 2. The average Bonchev–Trinajstić information content (AvgIpc) is 3.42. The summed E-state index contributed by atoms with van der Waals surface area (Å²) in [4.78, 5) is 45.4. The number of benzene rings is 1. The third-order valence-corrected chi connectivity index (χ3v) is 6.83. The first-order chi connectivity index (χ1) is 17.0. The Kier molecular flexibility index (Phi) is 8.20. The van der Waals surface area contributed by atoms with Crippen molar-refractivity contribution in [3.05, 3.63) is 82.6 Å². The first-order valence-electron chi connectivity index (χ1n) is 11.6. The highest BCUT2D eigenvalue weighted by Crippen LogP contribution is 2.29. The van der Waals surface area contributed by atoms with Gasteiger partial charge in [-0.25, -0.2) is 4.39 Å². The van der Waals surface area contributed by atoms with Gasteiger partial charge in [-0.1, -0.05) is 37.5 Å². The molecule has 1 fully saturated rings. The summed E-state index contributed by atoms with van der Waals surface area (Å²) in [7, 11) is 0. The van der Waals surface area contributed by atoms with Crippen molar-refractivity contribution in [1.82, 2.24) is 15.6 Å². The molecule has 1 atom stereocenters. The van der Waals surface area contributed by atoms with Gasteiger partial charge in [0, 0.05) is 29.7 Å². The molecule has 4 rings (SSSR count). The topological polar surface area (TPSA) is 91.4 Å². The van der Waals surface area contributed by atoms with Crippen molar-refractivity contribution in [2.24, 2.45) is 0 Å². The van der Waals surface area contributed by atoms with Crippen molar-refractivity contribution in [2.45, 2.75) is 44.2 Å². The minimum atomic E-state index is -1.08. The van der Waals surface area contributed by atoms with E-state index in [9.17, 15) is 18.8 Å². The minimum absolute atomic E-state index is 0.0124. The summed E-state index contributed by atoms with van der Waals surface area (Å²) < 4.78 is 14.2. The molecule has 0 unspecified atom stereocenters. The fourth-order valence-corrected chi connectivity index (χ4v) is 4.92. The minimum Gasteiger partial charge on any atom is -0.351 e. The van der Waals surface area contributed by atoms with Crippen LogP contribution in [0.4, 0.5) is 10.1 Å². The fourth-order valence-electron chi connectivity index (χ4n) is 4.28. The van der Waals surface area contributed by atoms with E-state index in [4.69, 9.17) is 0 Å². The van der Waals surface area contributed by atoms with Crippen molar-refractivity contribution in [1.29, 1.82) is 0 Å². The number of amides is 3. The van der Waals surface area contributed by atoms with Crippen LogP contribution in [-0.4, -0.2) is 35.3 Å². The molecule has 3 aromatic rings. The molecule has 0 spiro atoms. The smallest absolute Gasteiger partial charge is 0.261 e. The summed E-state index contributed by atoms with van der Waals surface area (Å²) in [5, 5.41) is 7.47. The van der Waals surface area contributed by atoms with Gasteiger partial charge in [0.15, 0.2) is 0 Å². The Hall–Kier alpha value is -3.59. The van der Waals surface area contributed by atoms with Gasteiger partial charge in [0.1, 0.15) is 11.9 Å². The Morgan fingerprint density at radius 2 is 1.91 bits per heavy atom. The van der Waals surface area contributed by atoms with Gasteiger partial charge in [-0.2, -0.15) is 0 Å². The van der Waals surface area contributed by atoms with Crippen molar-refractivity contribution in [3.63, 3.8) is 0 Å². The first-order valence-corrected chi connectivity index (χ1v) is 12.5. The molecule has 2 N–H and O–H groups in total. The van der Waals surface area contributed by atoms with E-state index in [0.29, 0.717) is 10.4 Å². The molecule has 2 heterocycles. The van der Waals surface area contributed by atoms with E-state index in [-0.39, 0.29) is 24.2 Å². The molecule has 1 aromatic carbocycles. The fraction of sp³-hybridized carbons (Fsp3) is 0.308. The maximum absolute atomic E-state index is 14.2. The van der Waals surface area contributed by atoms with Crippen LogP contribution in [0.15, 0.2) is 66.3 Å². The van der Waals surface area contributed by atoms with Crippen molar-refractivity contribution in [3.8, 4) is 0 Å². The quantitative estimate of drug-likeness (QED) is 0.490. The summed E-state index contributed by atoms with van der Waals surface area (Å²) >= 11 is 1.26. The molecule has 35 heavy (non-hydrogen) atoms. The molecule has 1 aliphatic carbocycles. The van der Waals surface area contributed by atoms with Crippen molar-refractivity contribution < 1.29 is 18.8 Å². The maximum atomic E-state index is 14.2. The van der Waals surface area contributed by atoms with E-state index in [1.807, 2.05) is 0 Å². The third kappa shape index (κ3) is 6.30. The lowest BCUT2D eigenvalue weighted by Crippen LogP contribution is -2.49. The number of hydrogen-bond acceptors (Lipinski definition) is 5. The third-order valence-electron chi connectivity index (χ3n) is 5.96. The van der Waals surface area contributed by atoms with Crippen LogP contribution < -0.4 is 15.5 Å². The molecule has 0 saturated heterocycles. The zero-order valence-electron chi connectivity index (χ0n) is 19.2. The van der Waals surface area contributed by atoms with Gasteiger partial charge in [-0.15, -0.1) is 11.3 Å². The molecule has 182 valence electrons. The highest BCUT2D eigenvalue weighted by molar-refractivity contribution is 7.12. The van der Waals surface area contributed by atoms with Gasteiger partial charge in [-0.3, -0.25) is 24.3 Å². The lowest BCUT2D eigenvalue weighted by Gasteiger charge is -2.33. The van der Waals surface area contributed by atoms with Crippen LogP contribution >= 0.6 is 11.3 Å². The summed E-state index contributed by atoms with van der Waals surface area (Å²) in [6, 6.07) is 11.2. The standard InChI is InChI=1S/C26H27FN4O3S/c27-19-8-4-11-21(15-19)31(23(32)17-29-25(33)22-12-6-14-35-22)24(18-7-5-13-28-16-18)26(34)30-20-9-2-1-3-10-20/h4-8,11-16,20,24H,1-3,9-10,17H2,(H,29,33)(H,30,34)/t24-/m0/s1. The number of carbonyl (C=O) groups is 3. The summed E-state index contributed by atoms with van der Waals surface area (Å²) in [6.45, 7) is -0.360. The number of thiophene rings is 1. The van der Waals surface area contributed by atoms with E-state index < -0.39 is 23.7 Å². The Morgan fingerprint density at radius 1 is 1.09 bits per heavy atom. The number of carbonyl (C=O) groups excluding carboxylic acids is 3. The van der Waals surface area contributed by atoms with Crippen LogP contribution in [0.1, 0.15) is 53.4 Å². The van der Waals surface area contributed by atoms with Crippen LogP contribution in [0, 0.1) is 5.82 Å². The van der Waals surface area contributed by atoms with Gasteiger partial charge < -0.3 is 10.6 Å². The molecule has 0 radical (unpaired) electrons. The molecule has 9 heteroatoms. The van der Waals surface area contributed by atoms with E-state index in [0.717, 1.165) is 32.1 Å². The number of halogens is 1. The van der Waals surface area contributed by atoms with Crippen molar-refractivity contribution in [2.75, 3.05) is 11.4 Å². The van der Waals surface area contributed by atoms with E-state index in [2.05, 4.69) is 15.6 Å². The molecule has 7 nitrogen and oxygen atoms in total. The summed E-state index contributed by atoms with van der Waals surface area (Å²) in [6.07, 6.45) is 8.04. The van der Waals surface area contributed by atoms with Crippen LogP contribution in [0.2, 0.25) is 0 Å². The average molecular weight is 495 g/mol. The van der Waals surface area contributed by atoms with Crippen LogP contribution in [-0.2, 0) is 9.59 Å². The molecule has 1 saturated carbocycles. The lowest BCUT2D eigenvalue weighted by molar-refractivity contribution is -0.127. The van der Waals surface area contributed by atoms with Gasteiger partial charge in [0.25, 0.3) is 5.91 Å². The number of nitrogens with zero attached hydrogens (tertiary/aromatic N) is 2. The second-order valence-corrected chi connectivity index (χ2v) is 9.38. The Morgan fingerprint density at radius 3 is 2.60 bits per heavy atom. The zero-order chi connectivity index (χ0) is 24.6. The molecule has 2 aromatic heterocycles. The van der Waals surface area contributed by atoms with Gasteiger partial charge in [-0.05, 0) is 48.6 Å². The maximum Gasteiger partial charge on any atom is 0.261 e. The monoisotopic (exact) mass is 494 g/mol. The normalized spacial score (nSPS) is 14.7. The van der Waals surface area contributed by atoms with E-state index in [1.54, 1.807) is 41.9 Å². The molecule has 0 bridgehead atoms. The Balaban J connectivity index is 1.66. The number of rotatable bonds is 8. The second-order valence-electron chi connectivity index (χ2n) is 8.44. The van der Waals surface area contributed by atoms with E-state index in [1.165, 1.54) is 40.6 Å². The lowest BCUT2D eigenvalue weighted by atomic mass is 9.94. The van der Waals surface area contributed by atoms with Gasteiger partial charge >= 0.3 is 0 Å². The van der Waals surface area contributed by atoms with Gasteiger partial charge in [0.2, 0.25) is 11.8 Å². The number of aromatic nitrogens is 1. The predicted octanol–water partition coefficient (Wildman–Crippen LogP) is 4.24. The Labute approximate surface area is 207 Å². The molecule has 3 amide bonds. The molecular formula is C26H27FN4O3S. The molecular weight excluding hydrogens is 467 g/mol. The summed E-state index contributed by atoms with van der Waals surface area (Å²) in [5.41, 5.74) is 0.705. The SMILES string of the molecule is O=C(NCC(=O)N(c1cccc(F)c1)[C@H](C(=O)NC1CCCCC1)c1cccnc1)c1cccs1. The second kappa shape index (κ2) is 11.7. The number of pyridine rings is 1.